The van der Waals surface area contributed by atoms with Gasteiger partial charge in [-0.3, -0.25) is 0 Å². The molecule has 1 aromatic carbocycles. The van der Waals surface area contributed by atoms with Crippen molar-refractivity contribution in [1.29, 1.82) is 0 Å². The molecule has 0 fully saturated rings. The van der Waals surface area contributed by atoms with Gasteiger partial charge in [-0.2, -0.15) is 13.2 Å². The van der Waals surface area contributed by atoms with Crippen LogP contribution in [0.2, 0.25) is 0 Å². The molecular formula is C11H9ClF4. The normalized spacial score (nSPS) is 13.6. The average molecular weight is 253 g/mol. The molecule has 0 aliphatic rings. The van der Waals surface area contributed by atoms with Crippen LogP contribution in [0.25, 0.3) is 0 Å². The van der Waals surface area contributed by atoms with Crippen molar-refractivity contribution in [2.75, 3.05) is 5.88 Å². The Hall–Kier alpha value is -1.03. The molecular weight excluding hydrogens is 244 g/mol. The second-order valence-corrected chi connectivity index (χ2v) is 3.58. The lowest BCUT2D eigenvalue weighted by atomic mass is 9.98. The summed E-state index contributed by atoms with van der Waals surface area (Å²) in [7, 11) is 0. The highest BCUT2D eigenvalue weighted by Crippen LogP contribution is 2.32. The Morgan fingerprint density at radius 1 is 1.31 bits per heavy atom. The maximum atomic E-state index is 13.0. The van der Waals surface area contributed by atoms with Crippen LogP contribution in [0.1, 0.15) is 17.0 Å². The maximum Gasteiger partial charge on any atom is 0.416 e. The monoisotopic (exact) mass is 252 g/mol. The van der Waals surface area contributed by atoms with Gasteiger partial charge in [-0.25, -0.2) is 4.39 Å². The van der Waals surface area contributed by atoms with Crippen LogP contribution in [0, 0.1) is 5.82 Å². The molecule has 88 valence electrons. The number of rotatable bonds is 3. The molecule has 0 bridgehead atoms. The van der Waals surface area contributed by atoms with E-state index in [9.17, 15) is 17.6 Å². The Bertz CT molecular complexity index is 384. The van der Waals surface area contributed by atoms with Gasteiger partial charge in [0, 0.05) is 11.8 Å². The van der Waals surface area contributed by atoms with Crippen LogP contribution in [-0.4, -0.2) is 5.88 Å². The summed E-state index contributed by atoms with van der Waals surface area (Å²) in [5, 5.41) is 0. The molecule has 0 saturated carbocycles. The first-order valence-corrected chi connectivity index (χ1v) is 4.98. The number of allylic oxidation sites excluding steroid dienone is 1. The van der Waals surface area contributed by atoms with E-state index in [0.717, 1.165) is 12.1 Å². The lowest BCUT2D eigenvalue weighted by Crippen LogP contribution is -2.08. The van der Waals surface area contributed by atoms with E-state index in [-0.39, 0.29) is 11.4 Å². The minimum atomic E-state index is -4.56. The van der Waals surface area contributed by atoms with Crippen molar-refractivity contribution in [1.82, 2.24) is 0 Å². The summed E-state index contributed by atoms with van der Waals surface area (Å²) in [6, 6.07) is 2.37. The quantitative estimate of drug-likeness (QED) is 0.426. The number of hydrogen-bond donors (Lipinski definition) is 0. The van der Waals surface area contributed by atoms with Gasteiger partial charge in [0.05, 0.1) is 5.56 Å². The van der Waals surface area contributed by atoms with Gasteiger partial charge in [-0.15, -0.1) is 18.2 Å². The molecule has 0 aliphatic heterocycles. The molecule has 1 aromatic rings. The third kappa shape index (κ3) is 2.98. The Morgan fingerprint density at radius 3 is 2.38 bits per heavy atom. The van der Waals surface area contributed by atoms with Gasteiger partial charge in [-0.1, -0.05) is 6.08 Å². The van der Waals surface area contributed by atoms with Gasteiger partial charge in [0.15, 0.2) is 0 Å². The molecule has 5 heteroatoms. The fraction of sp³-hybridized carbons (Fsp3) is 0.273. The highest BCUT2D eigenvalue weighted by Gasteiger charge is 2.31. The Morgan fingerprint density at radius 2 is 1.94 bits per heavy atom. The maximum absolute atomic E-state index is 13.0. The highest BCUT2D eigenvalue weighted by atomic mass is 35.5. The van der Waals surface area contributed by atoms with E-state index in [0.29, 0.717) is 6.07 Å². The predicted octanol–water partition coefficient (Wildman–Crippen LogP) is 4.35. The molecule has 0 saturated heterocycles. The van der Waals surface area contributed by atoms with Crippen LogP contribution in [-0.2, 0) is 6.18 Å². The van der Waals surface area contributed by atoms with Crippen molar-refractivity contribution < 1.29 is 17.6 Å². The van der Waals surface area contributed by atoms with E-state index in [2.05, 4.69) is 6.58 Å². The summed E-state index contributed by atoms with van der Waals surface area (Å²) in [6.07, 6.45) is -3.17. The fourth-order valence-corrected chi connectivity index (χ4v) is 1.58. The summed E-state index contributed by atoms with van der Waals surface area (Å²) < 4.78 is 50.2. The third-order valence-corrected chi connectivity index (χ3v) is 2.46. The van der Waals surface area contributed by atoms with Crippen molar-refractivity contribution in [3.05, 3.63) is 47.8 Å². The molecule has 0 aliphatic carbocycles. The molecule has 0 radical (unpaired) electrons. The van der Waals surface area contributed by atoms with E-state index in [4.69, 9.17) is 11.6 Å². The van der Waals surface area contributed by atoms with Crippen molar-refractivity contribution >= 4 is 11.6 Å². The first-order chi connectivity index (χ1) is 7.38. The molecule has 0 amide bonds. The van der Waals surface area contributed by atoms with E-state index in [1.165, 1.54) is 6.08 Å². The van der Waals surface area contributed by atoms with Crippen molar-refractivity contribution in [3.8, 4) is 0 Å². The molecule has 0 nitrogen and oxygen atoms in total. The number of hydrogen-bond acceptors (Lipinski definition) is 0. The van der Waals surface area contributed by atoms with Crippen molar-refractivity contribution in [2.24, 2.45) is 0 Å². The topological polar surface area (TPSA) is 0 Å². The second kappa shape index (κ2) is 4.87. The molecule has 1 atom stereocenters. The highest BCUT2D eigenvalue weighted by molar-refractivity contribution is 6.18. The van der Waals surface area contributed by atoms with E-state index in [1.54, 1.807) is 0 Å². The molecule has 0 N–H and O–H groups in total. The third-order valence-electron chi connectivity index (χ3n) is 2.13. The van der Waals surface area contributed by atoms with Gasteiger partial charge in [-0.05, 0) is 23.8 Å². The predicted molar refractivity (Wildman–Crippen MR) is 55.1 cm³/mol. The zero-order valence-electron chi connectivity index (χ0n) is 8.19. The van der Waals surface area contributed by atoms with Gasteiger partial charge >= 0.3 is 6.18 Å². The minimum absolute atomic E-state index is 0.0598. The van der Waals surface area contributed by atoms with Crippen LogP contribution < -0.4 is 0 Å². The van der Waals surface area contributed by atoms with Crippen molar-refractivity contribution in [2.45, 2.75) is 12.1 Å². The number of halogens is 5. The lowest BCUT2D eigenvalue weighted by molar-refractivity contribution is -0.137. The Balaban J connectivity index is 3.22. The lowest BCUT2D eigenvalue weighted by Gasteiger charge is -2.13. The first kappa shape index (κ1) is 13.0. The molecule has 0 spiro atoms. The Labute approximate surface area is 95.5 Å². The van der Waals surface area contributed by atoms with Crippen LogP contribution in [0.15, 0.2) is 30.9 Å². The molecule has 0 aromatic heterocycles. The Kier molecular flexibility index (Phi) is 3.97. The smallest absolute Gasteiger partial charge is 0.207 e. The van der Waals surface area contributed by atoms with Crippen LogP contribution in [0.3, 0.4) is 0 Å². The minimum Gasteiger partial charge on any atom is -0.207 e. The summed E-state index contributed by atoms with van der Waals surface area (Å²) >= 11 is 5.55. The summed E-state index contributed by atoms with van der Waals surface area (Å²) in [4.78, 5) is 0. The van der Waals surface area contributed by atoms with Crippen LogP contribution >= 0.6 is 11.6 Å². The first-order valence-electron chi connectivity index (χ1n) is 4.44. The van der Waals surface area contributed by atoms with Gasteiger partial charge in [0.2, 0.25) is 0 Å². The zero-order valence-corrected chi connectivity index (χ0v) is 8.95. The summed E-state index contributed by atoms with van der Waals surface area (Å²) in [6.45, 7) is 3.44. The largest absolute Gasteiger partial charge is 0.416 e. The molecule has 16 heavy (non-hydrogen) atoms. The molecule has 1 rings (SSSR count). The fourth-order valence-electron chi connectivity index (χ4n) is 1.28. The second-order valence-electron chi connectivity index (χ2n) is 3.27. The van der Waals surface area contributed by atoms with Crippen LogP contribution in [0.4, 0.5) is 17.6 Å². The average Bonchev–Trinajstić information content (AvgIpc) is 2.17. The van der Waals surface area contributed by atoms with Gasteiger partial charge in [0.25, 0.3) is 0 Å². The van der Waals surface area contributed by atoms with E-state index >= 15 is 0 Å². The summed E-state index contributed by atoms with van der Waals surface area (Å²) in [5.41, 5.74) is -0.836. The van der Waals surface area contributed by atoms with Crippen molar-refractivity contribution in [3.63, 3.8) is 0 Å². The number of alkyl halides is 4. The summed E-state index contributed by atoms with van der Waals surface area (Å²) in [5.74, 6) is -1.36. The molecule has 0 heterocycles. The zero-order chi connectivity index (χ0) is 12.3. The van der Waals surface area contributed by atoms with Crippen LogP contribution in [0.5, 0.6) is 0 Å². The molecule has 1 unspecified atom stereocenters. The van der Waals surface area contributed by atoms with Gasteiger partial charge < -0.3 is 0 Å². The van der Waals surface area contributed by atoms with E-state index < -0.39 is 23.5 Å². The number of benzene rings is 1. The van der Waals surface area contributed by atoms with E-state index in [1.807, 2.05) is 0 Å². The van der Waals surface area contributed by atoms with Gasteiger partial charge in [0.1, 0.15) is 5.82 Å². The standard InChI is InChI=1S/C11H9ClF4/c1-2-7(6-12)8-3-9(11(14,15)16)5-10(13)4-8/h2-5,7H,1,6H2. The SMILES string of the molecule is C=CC(CCl)c1cc(F)cc(C(F)(F)F)c1.